The molecule has 1 N–H and O–H groups in total. The summed E-state index contributed by atoms with van der Waals surface area (Å²) in [6.07, 6.45) is 2.20. The van der Waals surface area contributed by atoms with Crippen LogP contribution in [0.25, 0.3) is 0 Å². The third-order valence-electron chi connectivity index (χ3n) is 6.07. The molecule has 1 aromatic rings. The number of methoxy groups -OCH3 is 2. The fourth-order valence-electron chi connectivity index (χ4n) is 4.13. The second-order valence-corrected chi connectivity index (χ2v) is 8.09. The summed E-state index contributed by atoms with van der Waals surface area (Å²) < 4.78 is 16.3. The first-order valence-corrected chi connectivity index (χ1v) is 10.8. The molecule has 0 aliphatic carbocycles. The number of esters is 1. The molecular weight excluding hydrogens is 398 g/mol. The van der Waals surface area contributed by atoms with Crippen LogP contribution < -0.4 is 14.8 Å². The number of nitrogens with one attached hydrogen (secondary N) is 1. The maximum absolute atomic E-state index is 13.1. The van der Waals surface area contributed by atoms with Gasteiger partial charge in [-0.1, -0.05) is 6.92 Å². The van der Waals surface area contributed by atoms with E-state index in [1.807, 2.05) is 0 Å². The second kappa shape index (κ2) is 10.0. The first kappa shape index (κ1) is 22.9. The van der Waals surface area contributed by atoms with Gasteiger partial charge in [-0.05, 0) is 57.0 Å². The van der Waals surface area contributed by atoms with Crippen molar-refractivity contribution >= 4 is 12.0 Å². The summed E-state index contributed by atoms with van der Waals surface area (Å²) in [5.74, 6) is 1.42. The number of hydrogen-bond donors (Lipinski definition) is 1. The molecule has 170 valence electrons. The van der Waals surface area contributed by atoms with Crippen LogP contribution in [0.2, 0.25) is 0 Å². The van der Waals surface area contributed by atoms with Gasteiger partial charge in [0, 0.05) is 24.9 Å². The van der Waals surface area contributed by atoms with Gasteiger partial charge in [0.15, 0.2) is 0 Å². The fourth-order valence-corrected chi connectivity index (χ4v) is 4.13. The highest BCUT2D eigenvalue weighted by atomic mass is 16.5. The van der Waals surface area contributed by atoms with Crippen molar-refractivity contribution in [3.05, 3.63) is 35.0 Å². The molecular formula is C23H33N3O5. The predicted octanol–water partition coefficient (Wildman–Crippen LogP) is 2.95. The third kappa shape index (κ3) is 4.95. The molecule has 2 heterocycles. The fraction of sp³-hybridized carbons (Fsp3) is 0.565. The van der Waals surface area contributed by atoms with E-state index in [-0.39, 0.29) is 12.6 Å². The van der Waals surface area contributed by atoms with Crippen molar-refractivity contribution in [1.29, 1.82) is 0 Å². The number of ether oxygens (including phenoxy) is 3. The number of piperidine rings is 1. The molecule has 2 aliphatic heterocycles. The number of rotatable bonds is 7. The van der Waals surface area contributed by atoms with Gasteiger partial charge in [0.05, 0.1) is 32.4 Å². The van der Waals surface area contributed by atoms with Crippen LogP contribution in [0.1, 0.15) is 38.3 Å². The van der Waals surface area contributed by atoms with E-state index in [2.05, 4.69) is 17.1 Å². The van der Waals surface area contributed by atoms with Gasteiger partial charge in [0.2, 0.25) is 0 Å². The summed E-state index contributed by atoms with van der Waals surface area (Å²) in [4.78, 5) is 29.9. The number of benzene rings is 1. The van der Waals surface area contributed by atoms with Crippen LogP contribution >= 0.6 is 0 Å². The average molecular weight is 432 g/mol. The van der Waals surface area contributed by atoms with Crippen LogP contribution in [0.3, 0.4) is 0 Å². The van der Waals surface area contributed by atoms with Crippen LogP contribution in [-0.2, 0) is 9.53 Å². The topological polar surface area (TPSA) is 80.3 Å². The first-order valence-electron chi connectivity index (χ1n) is 10.8. The minimum atomic E-state index is -0.702. The van der Waals surface area contributed by atoms with E-state index in [0.29, 0.717) is 40.8 Å². The normalized spacial score (nSPS) is 20.5. The van der Waals surface area contributed by atoms with Crippen molar-refractivity contribution in [3.8, 4) is 11.5 Å². The number of carbonyl (C=O) groups excluding carboxylic acids is 2. The van der Waals surface area contributed by atoms with E-state index >= 15 is 0 Å². The van der Waals surface area contributed by atoms with E-state index in [1.165, 1.54) is 4.90 Å². The molecule has 0 radical (unpaired) electrons. The number of likely N-dealkylation sites (tertiary alicyclic amines) is 1. The first-order chi connectivity index (χ1) is 14.9. The molecule has 2 aliphatic rings. The standard InChI is InChI=1S/C23H33N3O5/c1-6-31-22(27)20-18(14-26-11-9-15(2)10-12-26)25(3)23(28)24-21(20)17-13-16(29-4)7-8-19(17)30-5/h7-8,13,15,21H,6,9-12,14H2,1-5H3,(H,24,28). The predicted molar refractivity (Wildman–Crippen MR) is 117 cm³/mol. The van der Waals surface area contributed by atoms with E-state index in [9.17, 15) is 9.59 Å². The second-order valence-electron chi connectivity index (χ2n) is 8.09. The number of hydrogen-bond acceptors (Lipinski definition) is 6. The summed E-state index contributed by atoms with van der Waals surface area (Å²) in [6.45, 7) is 6.65. The van der Waals surface area contributed by atoms with Crippen molar-refractivity contribution in [1.82, 2.24) is 15.1 Å². The highest BCUT2D eigenvalue weighted by Crippen LogP contribution is 2.38. The Morgan fingerprint density at radius 2 is 1.90 bits per heavy atom. The minimum Gasteiger partial charge on any atom is -0.497 e. The number of likely N-dealkylation sites (N-methyl/N-ethyl adjacent to an activating group) is 1. The molecule has 8 nitrogen and oxygen atoms in total. The smallest absolute Gasteiger partial charge is 0.338 e. The van der Waals surface area contributed by atoms with Gasteiger partial charge < -0.3 is 19.5 Å². The Morgan fingerprint density at radius 3 is 2.52 bits per heavy atom. The molecule has 1 atom stereocenters. The molecule has 0 aromatic heterocycles. The van der Waals surface area contributed by atoms with E-state index in [1.54, 1.807) is 46.4 Å². The molecule has 1 unspecified atom stereocenters. The maximum Gasteiger partial charge on any atom is 0.338 e. The monoisotopic (exact) mass is 431 g/mol. The summed E-state index contributed by atoms with van der Waals surface area (Å²) in [6, 6.07) is 4.36. The van der Waals surface area contributed by atoms with Crippen LogP contribution in [0.5, 0.6) is 11.5 Å². The van der Waals surface area contributed by atoms with Crippen molar-refractivity contribution < 1.29 is 23.8 Å². The molecule has 0 bridgehead atoms. The molecule has 8 heteroatoms. The molecule has 1 aromatic carbocycles. The van der Waals surface area contributed by atoms with Crippen molar-refractivity contribution in [2.24, 2.45) is 5.92 Å². The highest BCUT2D eigenvalue weighted by Gasteiger charge is 2.39. The average Bonchev–Trinajstić information content (AvgIpc) is 2.77. The summed E-state index contributed by atoms with van der Waals surface area (Å²) in [5, 5.41) is 2.95. The molecule has 31 heavy (non-hydrogen) atoms. The van der Waals surface area contributed by atoms with Crippen LogP contribution in [-0.4, -0.2) is 69.3 Å². The molecule has 2 amide bonds. The van der Waals surface area contributed by atoms with E-state index in [0.717, 1.165) is 25.9 Å². The van der Waals surface area contributed by atoms with Gasteiger partial charge in [-0.15, -0.1) is 0 Å². The molecule has 1 fully saturated rings. The number of carbonyl (C=O) groups is 2. The lowest BCUT2D eigenvalue weighted by molar-refractivity contribution is -0.139. The van der Waals surface area contributed by atoms with Gasteiger partial charge in [0.1, 0.15) is 11.5 Å². The quantitative estimate of drug-likeness (QED) is 0.669. The summed E-state index contributed by atoms with van der Waals surface area (Å²) >= 11 is 0. The zero-order valence-electron chi connectivity index (χ0n) is 19.1. The molecule has 1 saturated heterocycles. The maximum atomic E-state index is 13.1. The Hall–Kier alpha value is -2.74. The zero-order chi connectivity index (χ0) is 22.5. The van der Waals surface area contributed by atoms with E-state index in [4.69, 9.17) is 14.2 Å². The number of nitrogens with zero attached hydrogens (tertiary/aromatic N) is 2. The Bertz CT molecular complexity index is 846. The van der Waals surface area contributed by atoms with Gasteiger partial charge in [-0.3, -0.25) is 9.80 Å². The zero-order valence-corrected chi connectivity index (χ0v) is 19.1. The van der Waals surface area contributed by atoms with Crippen molar-refractivity contribution in [2.75, 3.05) is 47.5 Å². The lowest BCUT2D eigenvalue weighted by Gasteiger charge is -2.38. The lowest BCUT2D eigenvalue weighted by Crippen LogP contribution is -2.50. The van der Waals surface area contributed by atoms with Gasteiger partial charge in [-0.2, -0.15) is 0 Å². The largest absolute Gasteiger partial charge is 0.497 e. The Morgan fingerprint density at radius 1 is 1.19 bits per heavy atom. The number of urea groups is 1. The Kier molecular flexibility index (Phi) is 7.43. The molecule has 3 rings (SSSR count). The van der Waals surface area contributed by atoms with Crippen LogP contribution in [0.15, 0.2) is 29.5 Å². The van der Waals surface area contributed by atoms with Gasteiger partial charge in [0.25, 0.3) is 0 Å². The van der Waals surface area contributed by atoms with Crippen LogP contribution in [0.4, 0.5) is 4.79 Å². The lowest BCUT2D eigenvalue weighted by atomic mass is 9.92. The Labute approximate surface area is 184 Å². The minimum absolute atomic E-state index is 0.246. The Balaban J connectivity index is 2.09. The van der Waals surface area contributed by atoms with E-state index < -0.39 is 12.0 Å². The SMILES string of the molecule is CCOC(=O)C1=C(CN2CCC(C)CC2)N(C)C(=O)NC1c1cc(OC)ccc1OC. The summed E-state index contributed by atoms with van der Waals surface area (Å²) in [5.41, 5.74) is 1.73. The molecule has 0 spiro atoms. The third-order valence-corrected chi connectivity index (χ3v) is 6.07. The van der Waals surface area contributed by atoms with Gasteiger partial charge in [-0.25, -0.2) is 9.59 Å². The van der Waals surface area contributed by atoms with Crippen LogP contribution in [0, 0.1) is 5.92 Å². The number of amides is 2. The van der Waals surface area contributed by atoms with Crippen molar-refractivity contribution in [3.63, 3.8) is 0 Å². The molecule has 0 saturated carbocycles. The van der Waals surface area contributed by atoms with Gasteiger partial charge >= 0.3 is 12.0 Å². The van der Waals surface area contributed by atoms with Crippen molar-refractivity contribution in [2.45, 2.75) is 32.7 Å². The highest BCUT2D eigenvalue weighted by molar-refractivity contribution is 5.95. The summed E-state index contributed by atoms with van der Waals surface area (Å²) in [7, 11) is 4.82.